The lowest BCUT2D eigenvalue weighted by molar-refractivity contribution is -0.171. The van der Waals surface area contributed by atoms with Crippen LogP contribution in [0.1, 0.15) is 113 Å². The highest BCUT2D eigenvalue weighted by Crippen LogP contribution is 2.42. The molecule has 3 aliphatic carbocycles. The lowest BCUT2D eigenvalue weighted by atomic mass is 9.84. The SMILES string of the molecule is O=C(NCC[C@@H]1NC(=O)[C@H](Cc2c[nH]c3ccccc23)NC(=O)C2(CCCC2)NC(=O)[C@H](CC2=CCc3ccccc32)NC(=O)[C@@H]2C[C@@H]3CCCC[C@@H]3N2C(=O)[C@H]2CCCN2C1=O)ON1C(=O)CCC1=O. The van der Waals surface area contributed by atoms with E-state index in [0.29, 0.717) is 55.6 Å². The number of nitrogens with one attached hydrogen (secondary N) is 6. The van der Waals surface area contributed by atoms with Gasteiger partial charge in [0, 0.05) is 61.9 Å². The summed E-state index contributed by atoms with van der Waals surface area (Å²) in [6.07, 6.45) is 9.24. The predicted molar refractivity (Wildman–Crippen MR) is 256 cm³/mol. The maximum atomic E-state index is 15.2. The molecule has 19 nitrogen and oxygen atoms in total. The first-order valence-electron chi connectivity index (χ1n) is 25.4. The quantitative estimate of drug-likeness (QED) is 0.180. The molecule has 0 bridgehead atoms. The zero-order chi connectivity index (χ0) is 49.4. The normalized spacial score (nSPS) is 28.1. The topological polar surface area (TPSA) is 249 Å². The van der Waals surface area contributed by atoms with Crippen LogP contribution in [0.4, 0.5) is 4.79 Å². The van der Waals surface area contributed by atoms with Crippen molar-refractivity contribution in [3.8, 4) is 0 Å². The second-order valence-electron chi connectivity index (χ2n) is 20.3. The van der Waals surface area contributed by atoms with E-state index in [1.807, 2.05) is 48.5 Å². The Morgan fingerprint density at radius 2 is 1.46 bits per heavy atom. The Bertz CT molecular complexity index is 2680. The number of allylic oxidation sites excluding steroid dienone is 1. The van der Waals surface area contributed by atoms with Gasteiger partial charge in [-0.15, -0.1) is 5.06 Å². The fraction of sp³-hybridized carbons (Fsp3) is 0.519. The minimum atomic E-state index is -1.46. The summed E-state index contributed by atoms with van der Waals surface area (Å²) in [5.74, 6) is -4.62. The zero-order valence-corrected chi connectivity index (χ0v) is 39.7. The van der Waals surface area contributed by atoms with Crippen LogP contribution in [0.15, 0.2) is 60.8 Å². The summed E-state index contributed by atoms with van der Waals surface area (Å²) >= 11 is 0. The van der Waals surface area contributed by atoms with Crippen LogP contribution >= 0.6 is 0 Å². The van der Waals surface area contributed by atoms with Gasteiger partial charge in [-0.1, -0.05) is 74.2 Å². The molecule has 3 aromatic rings. The Kier molecular flexibility index (Phi) is 13.4. The maximum absolute atomic E-state index is 15.2. The summed E-state index contributed by atoms with van der Waals surface area (Å²) in [6, 6.07) is 9.46. The second-order valence-corrected chi connectivity index (χ2v) is 20.3. The number of hydroxylamine groups is 2. The van der Waals surface area contributed by atoms with Crippen molar-refractivity contribution in [2.75, 3.05) is 13.1 Å². The number of carbonyl (C=O) groups excluding carboxylic acids is 9. The fourth-order valence-corrected chi connectivity index (χ4v) is 12.3. The molecule has 0 radical (unpaired) electrons. The van der Waals surface area contributed by atoms with E-state index in [4.69, 9.17) is 4.84 Å². The Morgan fingerprint density at radius 3 is 2.28 bits per heavy atom. The third-order valence-electron chi connectivity index (χ3n) is 15.9. The van der Waals surface area contributed by atoms with Crippen molar-refractivity contribution >= 4 is 69.8 Å². The summed E-state index contributed by atoms with van der Waals surface area (Å²) in [4.78, 5) is 139. The number of hydrogen-bond donors (Lipinski definition) is 6. The first-order valence-corrected chi connectivity index (χ1v) is 25.4. The van der Waals surface area contributed by atoms with Crippen LogP contribution in [0.25, 0.3) is 16.5 Å². The number of hydrogen-bond acceptors (Lipinski definition) is 10. The van der Waals surface area contributed by atoms with Crippen molar-refractivity contribution in [1.29, 1.82) is 0 Å². The van der Waals surface area contributed by atoms with Gasteiger partial charge in [0.1, 0.15) is 35.7 Å². The summed E-state index contributed by atoms with van der Waals surface area (Å²) in [7, 11) is 0. The number of fused-ring (bicyclic) bond motifs is 6. The van der Waals surface area contributed by atoms with Gasteiger partial charge in [-0.05, 0) is 92.0 Å². The molecule has 6 N–H and O–H groups in total. The smallest absolute Gasteiger partial charge is 0.361 e. The van der Waals surface area contributed by atoms with Crippen LogP contribution in [0, 0.1) is 5.92 Å². The summed E-state index contributed by atoms with van der Waals surface area (Å²) in [5.41, 5.74) is 3.00. The average molecular weight is 972 g/mol. The van der Waals surface area contributed by atoms with E-state index >= 15 is 19.2 Å². The highest BCUT2D eigenvalue weighted by molar-refractivity contribution is 6.02. The molecule has 71 heavy (non-hydrogen) atoms. The van der Waals surface area contributed by atoms with E-state index in [9.17, 15) is 24.0 Å². The molecule has 2 saturated carbocycles. The van der Waals surface area contributed by atoms with E-state index < -0.39 is 83.2 Å². The average Bonchev–Trinajstić information content (AvgIpc) is 4.25. The molecule has 2 aromatic carbocycles. The van der Waals surface area contributed by atoms with Gasteiger partial charge < -0.3 is 46.2 Å². The predicted octanol–water partition coefficient (Wildman–Crippen LogP) is 2.97. The molecular weight excluding hydrogens is 911 g/mol. The van der Waals surface area contributed by atoms with Crippen LogP contribution in [-0.2, 0) is 56.0 Å². The molecule has 4 saturated heterocycles. The van der Waals surface area contributed by atoms with Gasteiger partial charge in [0.15, 0.2) is 0 Å². The summed E-state index contributed by atoms with van der Waals surface area (Å²) < 4.78 is 0. The van der Waals surface area contributed by atoms with Gasteiger partial charge in [0.25, 0.3) is 11.8 Å². The zero-order valence-electron chi connectivity index (χ0n) is 39.7. The Balaban J connectivity index is 1.01. The van der Waals surface area contributed by atoms with Crippen molar-refractivity contribution in [3.05, 3.63) is 77.5 Å². The number of benzene rings is 2. The van der Waals surface area contributed by atoms with Gasteiger partial charge in [-0.2, -0.15) is 0 Å². The number of amides is 9. The van der Waals surface area contributed by atoms with Crippen molar-refractivity contribution in [3.63, 3.8) is 0 Å². The van der Waals surface area contributed by atoms with Gasteiger partial charge in [0.05, 0.1) is 0 Å². The second kappa shape index (κ2) is 20.0. The van der Waals surface area contributed by atoms with Crippen LogP contribution in [0.2, 0.25) is 0 Å². The van der Waals surface area contributed by atoms with Gasteiger partial charge in [0.2, 0.25) is 35.4 Å². The van der Waals surface area contributed by atoms with Crippen LogP contribution in [0.3, 0.4) is 0 Å². The van der Waals surface area contributed by atoms with Crippen molar-refractivity contribution < 1.29 is 48.0 Å². The molecule has 6 fully saturated rings. The molecule has 19 heteroatoms. The lowest BCUT2D eigenvalue weighted by Gasteiger charge is -2.38. The third kappa shape index (κ3) is 9.49. The Labute approximate surface area is 410 Å². The monoisotopic (exact) mass is 971 g/mol. The van der Waals surface area contributed by atoms with E-state index in [1.165, 1.54) is 4.90 Å². The molecule has 5 heterocycles. The number of rotatable bonds is 8. The minimum absolute atomic E-state index is 0.0229. The number of carbonyl (C=O) groups is 9. The number of para-hydroxylation sites is 1. The molecule has 374 valence electrons. The lowest BCUT2D eigenvalue weighted by Crippen LogP contribution is -2.65. The Morgan fingerprint density at radius 1 is 0.732 bits per heavy atom. The van der Waals surface area contributed by atoms with Gasteiger partial charge in [-0.25, -0.2) is 4.79 Å². The van der Waals surface area contributed by atoms with Gasteiger partial charge in [-0.3, -0.25) is 38.4 Å². The van der Waals surface area contributed by atoms with Crippen LogP contribution < -0.4 is 26.6 Å². The van der Waals surface area contributed by atoms with Crippen LogP contribution in [-0.4, -0.2) is 128 Å². The van der Waals surface area contributed by atoms with Crippen molar-refractivity contribution in [1.82, 2.24) is 46.4 Å². The van der Waals surface area contributed by atoms with E-state index in [2.05, 4.69) is 37.6 Å². The number of aromatic amines is 1. The summed E-state index contributed by atoms with van der Waals surface area (Å²) in [5, 5.41) is 15.8. The molecule has 10 rings (SSSR count). The molecule has 1 aromatic heterocycles. The molecule has 7 atom stereocenters. The highest BCUT2D eigenvalue weighted by atomic mass is 16.7. The fourth-order valence-electron chi connectivity index (χ4n) is 12.3. The van der Waals surface area contributed by atoms with E-state index in [0.717, 1.165) is 46.9 Å². The number of H-pyrrole nitrogens is 1. The van der Waals surface area contributed by atoms with Crippen molar-refractivity contribution in [2.45, 2.75) is 151 Å². The Hall–Kier alpha value is -7.05. The maximum Gasteiger partial charge on any atom is 0.432 e. The molecule has 7 aliphatic rings. The van der Waals surface area contributed by atoms with Gasteiger partial charge >= 0.3 is 6.09 Å². The first-order chi connectivity index (χ1) is 34.4. The summed E-state index contributed by atoms with van der Waals surface area (Å²) in [6.45, 7) is -0.0967. The molecular formula is C52H61N9O10. The highest BCUT2D eigenvalue weighted by Gasteiger charge is 2.52. The standard InChI is InChI=1S/C52H61N9O10/c62-43-19-20-44(63)61(43)71-51(70)53-24-21-37-48(67)59-25-9-16-41(59)49(68)60-40-15-6-2-11-32(40)28-42(60)47(66)56-39(26-31-18-17-30-10-1-3-12-34(30)31)46(65)58-52(22-7-8-23-52)50(69)57-38(45(64)55-37)27-33-29-54-36-14-5-4-13-35(33)36/h1,3-5,10,12-14,18,29,32,37-42,54H,2,6-9,11,15-17,19-28H2,(H,53,70)(H,55,64)(H,56,66)(H,57,69)(H,58,65)/t32-,37-,38-,39-,40-,41+,42-/m0/s1. The number of nitrogens with zero attached hydrogens (tertiary/aromatic N) is 3. The largest absolute Gasteiger partial charge is 0.432 e. The number of imide groups is 1. The van der Waals surface area contributed by atoms with E-state index in [-0.39, 0.29) is 75.9 Å². The minimum Gasteiger partial charge on any atom is -0.361 e. The molecule has 1 spiro atoms. The van der Waals surface area contributed by atoms with Crippen molar-refractivity contribution in [2.24, 2.45) is 5.92 Å². The molecule has 4 aliphatic heterocycles. The van der Waals surface area contributed by atoms with Crippen LogP contribution in [0.5, 0.6) is 0 Å². The first kappa shape index (κ1) is 47.6. The van der Waals surface area contributed by atoms with E-state index in [1.54, 1.807) is 11.1 Å². The molecule has 0 unspecified atom stereocenters. The molecule has 9 amide bonds. The third-order valence-corrected chi connectivity index (χ3v) is 15.9. The number of aromatic nitrogens is 1.